The van der Waals surface area contributed by atoms with E-state index in [4.69, 9.17) is 5.84 Å². The number of hydrogen-bond donors (Lipinski definition) is 4. The fraction of sp³-hybridized carbons (Fsp3) is 0.273. The third kappa shape index (κ3) is 5.48. The van der Waals surface area contributed by atoms with E-state index in [1.54, 1.807) is 0 Å². The molecular weight excluding hydrogens is 336 g/mol. The van der Waals surface area contributed by atoms with E-state index >= 15 is 0 Å². The quantitative estimate of drug-likeness (QED) is 0.184. The average Bonchev–Trinajstić information content (AvgIpc) is 2.43. The summed E-state index contributed by atoms with van der Waals surface area (Å²) in [4.78, 5) is 15.5. The Morgan fingerprint density at radius 3 is 2.59 bits per heavy atom. The second-order valence-electron chi connectivity index (χ2n) is 3.98. The second kappa shape index (κ2) is 8.54. The Kier molecular flexibility index (Phi) is 7.81. The molecule has 1 aromatic rings. The van der Waals surface area contributed by atoms with Gasteiger partial charge < -0.3 is 15.3 Å². The highest BCUT2D eigenvalue weighted by atomic mass is 35.5. The summed E-state index contributed by atoms with van der Waals surface area (Å²) in [6, 6.07) is 2.63. The van der Waals surface area contributed by atoms with Crippen LogP contribution in [0.5, 0.6) is 0 Å². The van der Waals surface area contributed by atoms with E-state index in [0.717, 1.165) is 12.6 Å². The number of benzene rings is 1. The van der Waals surface area contributed by atoms with Crippen LogP contribution in [-0.4, -0.2) is 39.2 Å². The Hall–Kier alpha value is -1.88. The highest BCUT2D eigenvalue weighted by molar-refractivity contribution is 7.92. The standard InChI is InChI=1S/C11H16N4O5S.ClH/c1-20-11(17)7-3-8(5-16)10(15-21(2,18)19)9(4-7)13-6-14-12;/h3-4,6,15-16H,5,12H2,1-2H3,(H,13,14);1H. The van der Waals surface area contributed by atoms with Gasteiger partial charge in [-0.25, -0.2) is 24.0 Å². The predicted molar refractivity (Wildman–Crippen MR) is 84.9 cm³/mol. The lowest BCUT2D eigenvalue weighted by Gasteiger charge is -2.13. The molecule has 0 heterocycles. The van der Waals surface area contributed by atoms with Gasteiger partial charge in [0, 0.05) is 5.56 Å². The molecule has 0 aromatic heterocycles. The first-order chi connectivity index (χ1) is 9.82. The number of anilines is 1. The maximum atomic E-state index is 11.6. The van der Waals surface area contributed by atoms with E-state index < -0.39 is 22.6 Å². The van der Waals surface area contributed by atoms with Crippen LogP contribution in [0.3, 0.4) is 0 Å². The summed E-state index contributed by atoms with van der Waals surface area (Å²) in [5, 5.41) is 9.36. The lowest BCUT2D eigenvalue weighted by molar-refractivity contribution is 0.0600. The van der Waals surface area contributed by atoms with Crippen LogP contribution in [0, 0.1) is 0 Å². The molecular formula is C11H17ClN4O5S. The van der Waals surface area contributed by atoms with Gasteiger partial charge in [0.1, 0.15) is 6.34 Å². The van der Waals surface area contributed by atoms with Gasteiger partial charge >= 0.3 is 5.97 Å². The van der Waals surface area contributed by atoms with Gasteiger partial charge in [0.05, 0.1) is 36.9 Å². The predicted octanol–water partition coefficient (Wildman–Crippen LogP) is -0.118. The molecule has 124 valence electrons. The minimum absolute atomic E-state index is 0. The zero-order valence-electron chi connectivity index (χ0n) is 11.9. The van der Waals surface area contributed by atoms with Crippen molar-refractivity contribution in [3.8, 4) is 0 Å². The molecule has 22 heavy (non-hydrogen) atoms. The number of nitrogens with two attached hydrogens (primary N) is 1. The smallest absolute Gasteiger partial charge is 0.337 e. The van der Waals surface area contributed by atoms with Crippen molar-refractivity contribution in [3.05, 3.63) is 23.3 Å². The van der Waals surface area contributed by atoms with Gasteiger partial charge in [0.25, 0.3) is 0 Å². The molecule has 1 aromatic carbocycles. The zero-order chi connectivity index (χ0) is 16.0. The van der Waals surface area contributed by atoms with Crippen LogP contribution in [0.2, 0.25) is 0 Å². The van der Waals surface area contributed by atoms with Crippen molar-refractivity contribution in [3.63, 3.8) is 0 Å². The van der Waals surface area contributed by atoms with Crippen LogP contribution in [0.25, 0.3) is 0 Å². The molecule has 0 fully saturated rings. The van der Waals surface area contributed by atoms with Crippen LogP contribution in [0.15, 0.2) is 17.1 Å². The number of aliphatic imine (C=N–C) groups is 1. The van der Waals surface area contributed by atoms with Crippen molar-refractivity contribution in [2.24, 2.45) is 10.8 Å². The van der Waals surface area contributed by atoms with Gasteiger partial charge in [-0.1, -0.05) is 0 Å². The Labute approximate surface area is 134 Å². The van der Waals surface area contributed by atoms with Crippen LogP contribution in [0.1, 0.15) is 15.9 Å². The monoisotopic (exact) mass is 352 g/mol. The lowest BCUT2D eigenvalue weighted by atomic mass is 10.1. The number of aliphatic hydroxyl groups is 1. The molecule has 0 bridgehead atoms. The molecule has 1 rings (SSSR count). The van der Waals surface area contributed by atoms with Gasteiger partial charge in [-0.05, 0) is 12.1 Å². The number of nitrogens with one attached hydrogen (secondary N) is 2. The molecule has 0 radical (unpaired) electrons. The summed E-state index contributed by atoms with van der Waals surface area (Å²) in [5.74, 6) is 4.42. The average molecular weight is 353 g/mol. The topological polar surface area (TPSA) is 143 Å². The number of aliphatic hydroxyl groups excluding tert-OH is 1. The summed E-state index contributed by atoms with van der Waals surface area (Å²) >= 11 is 0. The Morgan fingerprint density at radius 1 is 1.50 bits per heavy atom. The van der Waals surface area contributed by atoms with Crippen molar-refractivity contribution in [2.45, 2.75) is 6.61 Å². The van der Waals surface area contributed by atoms with E-state index in [2.05, 4.69) is 19.9 Å². The van der Waals surface area contributed by atoms with E-state index in [1.807, 2.05) is 0 Å². The van der Waals surface area contributed by atoms with Gasteiger partial charge in [-0.15, -0.1) is 12.4 Å². The molecule has 0 aliphatic rings. The number of rotatable bonds is 6. The molecule has 5 N–H and O–H groups in total. The molecule has 0 aliphatic heterocycles. The highest BCUT2D eigenvalue weighted by Crippen LogP contribution is 2.32. The van der Waals surface area contributed by atoms with E-state index in [-0.39, 0.29) is 34.9 Å². The van der Waals surface area contributed by atoms with Gasteiger partial charge in [-0.3, -0.25) is 4.72 Å². The number of esters is 1. The Morgan fingerprint density at radius 2 is 2.14 bits per heavy atom. The fourth-order valence-electron chi connectivity index (χ4n) is 1.56. The van der Waals surface area contributed by atoms with Crippen molar-refractivity contribution in [2.75, 3.05) is 18.1 Å². The Balaban J connectivity index is 0.00000441. The molecule has 11 heteroatoms. The summed E-state index contributed by atoms with van der Waals surface area (Å²) in [6.07, 6.45) is 2.06. The molecule has 0 atom stereocenters. The Bertz CT molecular complexity index is 663. The lowest BCUT2D eigenvalue weighted by Crippen LogP contribution is -2.19. The molecule has 0 saturated carbocycles. The van der Waals surface area contributed by atoms with Crippen LogP contribution < -0.4 is 16.0 Å². The zero-order valence-corrected chi connectivity index (χ0v) is 13.5. The maximum absolute atomic E-state index is 11.6. The number of halogens is 1. The number of methoxy groups -OCH3 is 1. The normalized spacial score (nSPS) is 10.9. The molecule has 0 saturated heterocycles. The SMILES string of the molecule is COC(=O)c1cc(CO)c(NS(C)(=O)=O)c(N=CNN)c1.Cl. The van der Waals surface area contributed by atoms with E-state index in [0.29, 0.717) is 0 Å². The van der Waals surface area contributed by atoms with Crippen molar-refractivity contribution < 1.29 is 23.1 Å². The molecule has 0 unspecified atom stereocenters. The molecule has 9 nitrogen and oxygen atoms in total. The second-order valence-corrected chi connectivity index (χ2v) is 5.73. The number of carbonyl (C=O) groups excluding carboxylic acids is 1. The van der Waals surface area contributed by atoms with Crippen LogP contribution >= 0.6 is 12.4 Å². The third-order valence-electron chi connectivity index (χ3n) is 2.36. The fourth-order valence-corrected chi connectivity index (χ4v) is 2.16. The number of carbonyl (C=O) groups is 1. The minimum Gasteiger partial charge on any atom is -0.465 e. The van der Waals surface area contributed by atoms with Crippen molar-refractivity contribution >= 4 is 46.1 Å². The number of ether oxygens (including phenoxy) is 1. The number of sulfonamides is 1. The summed E-state index contributed by atoms with van der Waals surface area (Å²) in [6.45, 7) is -0.499. The summed E-state index contributed by atoms with van der Waals surface area (Å²) in [7, 11) is -2.40. The van der Waals surface area contributed by atoms with Crippen LogP contribution in [0.4, 0.5) is 11.4 Å². The van der Waals surface area contributed by atoms with Gasteiger partial charge in [0.15, 0.2) is 0 Å². The molecule has 0 spiro atoms. The van der Waals surface area contributed by atoms with Gasteiger partial charge in [-0.2, -0.15) is 0 Å². The molecule has 0 amide bonds. The maximum Gasteiger partial charge on any atom is 0.337 e. The minimum atomic E-state index is -3.60. The number of hydrazine groups is 1. The largest absolute Gasteiger partial charge is 0.465 e. The first-order valence-electron chi connectivity index (χ1n) is 5.65. The summed E-state index contributed by atoms with van der Waals surface area (Å²) in [5.41, 5.74) is 2.60. The van der Waals surface area contributed by atoms with Crippen molar-refractivity contribution in [1.29, 1.82) is 0 Å². The summed E-state index contributed by atoms with van der Waals surface area (Å²) < 4.78 is 29.6. The van der Waals surface area contributed by atoms with E-state index in [1.165, 1.54) is 19.2 Å². The van der Waals surface area contributed by atoms with E-state index in [9.17, 15) is 18.3 Å². The first kappa shape index (κ1) is 20.1. The highest BCUT2D eigenvalue weighted by Gasteiger charge is 2.17. The first-order valence-corrected chi connectivity index (χ1v) is 7.54. The third-order valence-corrected chi connectivity index (χ3v) is 2.93. The number of nitrogens with zero attached hydrogens (tertiary/aromatic N) is 1. The number of hydrogen-bond acceptors (Lipinski definition) is 7. The van der Waals surface area contributed by atoms with Crippen LogP contribution in [-0.2, 0) is 21.4 Å². The van der Waals surface area contributed by atoms with Gasteiger partial charge in [0.2, 0.25) is 10.0 Å². The van der Waals surface area contributed by atoms with Crippen molar-refractivity contribution in [1.82, 2.24) is 5.43 Å². The molecule has 0 aliphatic carbocycles.